The van der Waals surface area contributed by atoms with Gasteiger partial charge < -0.3 is 0 Å². The molecule has 0 bridgehead atoms. The fraction of sp³-hybridized carbons (Fsp3) is 0.286. The van der Waals surface area contributed by atoms with Gasteiger partial charge in [0, 0.05) is 5.71 Å². The second-order valence-corrected chi connectivity index (χ2v) is 2.48. The van der Waals surface area contributed by atoms with Crippen LogP contribution in [0, 0.1) is 17.2 Å². The molecule has 0 amide bonds. The highest BCUT2D eigenvalue weighted by molar-refractivity contribution is 7.80. The number of hydrogen-bond donors (Lipinski definition) is 0. The Morgan fingerprint density at radius 3 is 3.00 bits per heavy atom. The van der Waals surface area contributed by atoms with Crippen LogP contribution < -0.4 is 0 Å². The van der Waals surface area contributed by atoms with Gasteiger partial charge in [-0.15, -0.1) is 0 Å². The first-order chi connectivity index (χ1) is 4.74. The molecule has 0 fully saturated rings. The van der Waals surface area contributed by atoms with E-state index in [1.165, 1.54) is 0 Å². The van der Waals surface area contributed by atoms with Crippen molar-refractivity contribution in [3.8, 4) is 6.07 Å². The van der Waals surface area contributed by atoms with Gasteiger partial charge in [0.25, 0.3) is 0 Å². The predicted octanol–water partition coefficient (Wildman–Crippen LogP) is 1.48. The number of allylic oxidation sites excluding steroid dienone is 1. The number of rotatable bonds is 0. The monoisotopic (exact) mass is 150 g/mol. The van der Waals surface area contributed by atoms with Gasteiger partial charge in [0.15, 0.2) is 0 Å². The third kappa shape index (κ3) is 1.28. The molecule has 1 aliphatic heterocycles. The van der Waals surface area contributed by atoms with Crippen molar-refractivity contribution in [3.63, 3.8) is 0 Å². The normalized spacial score (nSPS) is 23.8. The van der Waals surface area contributed by atoms with Crippen LogP contribution in [0.1, 0.15) is 6.92 Å². The fourth-order valence-corrected chi connectivity index (χ4v) is 0.972. The Morgan fingerprint density at radius 2 is 2.50 bits per heavy atom. The van der Waals surface area contributed by atoms with Gasteiger partial charge in [0.05, 0.1) is 6.07 Å². The van der Waals surface area contributed by atoms with Gasteiger partial charge in [-0.2, -0.15) is 5.26 Å². The molecule has 0 radical (unpaired) electrons. The largest absolute Gasteiger partial charge is 0.245 e. The third-order valence-electron chi connectivity index (χ3n) is 1.22. The van der Waals surface area contributed by atoms with Crippen LogP contribution in [0.15, 0.2) is 17.1 Å². The third-order valence-corrected chi connectivity index (χ3v) is 1.57. The Labute approximate surface area is 64.9 Å². The Hall–Kier alpha value is -1.01. The summed E-state index contributed by atoms with van der Waals surface area (Å²) in [5.74, 6) is -0.293. The highest BCUT2D eigenvalue weighted by Gasteiger charge is 2.11. The van der Waals surface area contributed by atoms with Crippen LogP contribution in [0.25, 0.3) is 0 Å². The molecule has 1 atom stereocenters. The van der Waals surface area contributed by atoms with Gasteiger partial charge in [0.2, 0.25) is 0 Å². The molecule has 1 heterocycles. The zero-order valence-electron chi connectivity index (χ0n) is 5.53. The van der Waals surface area contributed by atoms with Gasteiger partial charge in [-0.1, -0.05) is 18.3 Å². The molecule has 0 aliphatic carbocycles. The van der Waals surface area contributed by atoms with E-state index in [2.05, 4.69) is 4.99 Å². The van der Waals surface area contributed by atoms with Crippen molar-refractivity contribution < 1.29 is 0 Å². The number of thiocarbonyl (C=S) groups is 1. The Bertz CT molecular complexity index is 257. The zero-order valence-corrected chi connectivity index (χ0v) is 6.35. The summed E-state index contributed by atoms with van der Waals surface area (Å²) in [5.41, 5.74) is 0.872. The average Bonchev–Trinajstić information content (AvgIpc) is 1.88. The molecular weight excluding hydrogens is 144 g/mol. The van der Waals surface area contributed by atoms with Gasteiger partial charge in [0.1, 0.15) is 10.9 Å². The summed E-state index contributed by atoms with van der Waals surface area (Å²) in [4.78, 5) is 4.45. The van der Waals surface area contributed by atoms with E-state index in [1.54, 1.807) is 6.08 Å². The maximum absolute atomic E-state index is 8.49. The predicted molar refractivity (Wildman–Crippen MR) is 44.0 cm³/mol. The quantitative estimate of drug-likeness (QED) is 0.490. The lowest BCUT2D eigenvalue weighted by Crippen LogP contribution is -2.11. The van der Waals surface area contributed by atoms with Crippen LogP contribution in [0.3, 0.4) is 0 Å². The number of dihydropyridines is 1. The first-order valence-electron chi connectivity index (χ1n) is 2.91. The minimum atomic E-state index is -0.293. The SMILES string of the molecule is CC1=NC(=S)C(C#N)C=C1. The highest BCUT2D eigenvalue weighted by atomic mass is 32.1. The lowest BCUT2D eigenvalue weighted by molar-refractivity contribution is 1.14. The molecular formula is C7H6N2S. The van der Waals surface area contributed by atoms with Crippen LogP contribution in [-0.2, 0) is 0 Å². The maximum atomic E-state index is 8.49. The minimum Gasteiger partial charge on any atom is -0.245 e. The molecule has 0 N–H and O–H groups in total. The molecule has 0 saturated carbocycles. The van der Waals surface area contributed by atoms with E-state index >= 15 is 0 Å². The summed E-state index contributed by atoms with van der Waals surface area (Å²) in [6, 6.07) is 2.04. The molecule has 50 valence electrons. The highest BCUT2D eigenvalue weighted by Crippen LogP contribution is 2.08. The van der Waals surface area contributed by atoms with Gasteiger partial charge in [-0.3, -0.25) is 0 Å². The molecule has 0 saturated heterocycles. The molecule has 2 nitrogen and oxygen atoms in total. The lowest BCUT2D eigenvalue weighted by atomic mass is 10.1. The van der Waals surface area contributed by atoms with Crippen LogP contribution in [0.5, 0.6) is 0 Å². The van der Waals surface area contributed by atoms with E-state index < -0.39 is 0 Å². The lowest BCUT2D eigenvalue weighted by Gasteiger charge is -2.05. The van der Waals surface area contributed by atoms with Crippen molar-refractivity contribution >= 4 is 22.9 Å². The van der Waals surface area contributed by atoms with Crippen LogP contribution in [0.4, 0.5) is 0 Å². The van der Waals surface area contributed by atoms with Gasteiger partial charge in [-0.05, 0) is 13.0 Å². The minimum absolute atomic E-state index is 0.293. The number of nitriles is 1. The molecule has 1 unspecified atom stereocenters. The van der Waals surface area contributed by atoms with E-state index in [1.807, 2.05) is 19.1 Å². The summed E-state index contributed by atoms with van der Waals surface area (Å²) in [7, 11) is 0. The fourth-order valence-electron chi connectivity index (χ4n) is 0.697. The number of hydrogen-bond acceptors (Lipinski definition) is 2. The Balaban J connectivity index is 2.87. The molecule has 0 aromatic rings. The molecule has 1 aliphatic rings. The van der Waals surface area contributed by atoms with Crippen LogP contribution >= 0.6 is 12.2 Å². The molecule has 10 heavy (non-hydrogen) atoms. The van der Waals surface area contributed by atoms with E-state index in [0.29, 0.717) is 4.99 Å². The van der Waals surface area contributed by atoms with Crippen LogP contribution in [-0.4, -0.2) is 10.7 Å². The Morgan fingerprint density at radius 1 is 1.80 bits per heavy atom. The van der Waals surface area contributed by atoms with Crippen LogP contribution in [0.2, 0.25) is 0 Å². The van der Waals surface area contributed by atoms with E-state index in [4.69, 9.17) is 17.5 Å². The maximum Gasteiger partial charge on any atom is 0.124 e. The molecule has 3 heteroatoms. The van der Waals surface area contributed by atoms with Crippen molar-refractivity contribution in [1.29, 1.82) is 5.26 Å². The zero-order chi connectivity index (χ0) is 7.56. The van der Waals surface area contributed by atoms with Crippen molar-refractivity contribution in [2.24, 2.45) is 10.9 Å². The molecule has 0 aromatic heterocycles. The Kier molecular flexibility index (Phi) is 1.93. The van der Waals surface area contributed by atoms with Crippen molar-refractivity contribution in [2.75, 3.05) is 0 Å². The standard InChI is InChI=1S/C7H6N2S/c1-5-2-3-6(4-8)7(10)9-5/h2-3,6H,1H3. The molecule has 1 rings (SSSR count). The van der Waals surface area contributed by atoms with E-state index in [-0.39, 0.29) is 5.92 Å². The van der Waals surface area contributed by atoms with Crippen molar-refractivity contribution in [2.45, 2.75) is 6.92 Å². The second kappa shape index (κ2) is 2.72. The smallest absolute Gasteiger partial charge is 0.124 e. The van der Waals surface area contributed by atoms with Gasteiger partial charge >= 0.3 is 0 Å². The summed E-state index contributed by atoms with van der Waals surface area (Å²) in [6.45, 7) is 1.86. The summed E-state index contributed by atoms with van der Waals surface area (Å²) in [6.07, 6.45) is 3.58. The molecule has 0 spiro atoms. The topological polar surface area (TPSA) is 36.1 Å². The van der Waals surface area contributed by atoms with Crippen molar-refractivity contribution in [1.82, 2.24) is 0 Å². The summed E-state index contributed by atoms with van der Waals surface area (Å²) < 4.78 is 0. The first kappa shape index (κ1) is 7.10. The second-order valence-electron chi connectivity index (χ2n) is 2.06. The number of nitrogens with zero attached hydrogens (tertiary/aromatic N) is 2. The summed E-state index contributed by atoms with van der Waals surface area (Å²) >= 11 is 4.84. The van der Waals surface area contributed by atoms with Crippen molar-refractivity contribution in [3.05, 3.63) is 12.2 Å². The van der Waals surface area contributed by atoms with E-state index in [0.717, 1.165) is 5.71 Å². The average molecular weight is 150 g/mol. The molecule has 0 aromatic carbocycles. The first-order valence-corrected chi connectivity index (χ1v) is 3.32. The number of aliphatic imine (C=N–C) groups is 1. The van der Waals surface area contributed by atoms with E-state index in [9.17, 15) is 0 Å². The van der Waals surface area contributed by atoms with Gasteiger partial charge in [-0.25, -0.2) is 4.99 Å². The summed E-state index contributed by atoms with van der Waals surface area (Å²) in [5, 5.41) is 8.49.